The number of hydrogen-bond donors (Lipinski definition) is 2. The van der Waals surface area contributed by atoms with Crippen molar-refractivity contribution < 1.29 is 22.7 Å². The summed E-state index contributed by atoms with van der Waals surface area (Å²) in [5.41, 5.74) is 2.40. The smallest absolute Gasteiger partial charge is 0.406 e. The average Bonchev–Trinajstić information content (AvgIpc) is 2.68. The number of alkyl halides is 3. The molecular formula is C20H16F3N3O2. The molecule has 144 valence electrons. The molecule has 0 bridgehead atoms. The Morgan fingerprint density at radius 3 is 2.32 bits per heavy atom. The normalized spacial score (nSPS) is 11.0. The van der Waals surface area contributed by atoms with E-state index in [-0.39, 0.29) is 11.7 Å². The molecule has 1 heterocycles. The van der Waals surface area contributed by atoms with Crippen LogP contribution < -0.4 is 15.4 Å². The predicted molar refractivity (Wildman–Crippen MR) is 99.1 cm³/mol. The zero-order valence-corrected chi connectivity index (χ0v) is 14.5. The molecule has 0 aliphatic heterocycles. The maximum absolute atomic E-state index is 12.6. The first-order valence-corrected chi connectivity index (χ1v) is 8.30. The van der Waals surface area contributed by atoms with Crippen LogP contribution in [0.1, 0.15) is 15.9 Å². The van der Waals surface area contributed by atoms with Crippen LogP contribution in [0, 0.1) is 0 Å². The zero-order valence-electron chi connectivity index (χ0n) is 14.5. The third-order valence-electron chi connectivity index (χ3n) is 3.75. The number of nitrogens with zero attached hydrogens (tertiary/aromatic N) is 1. The summed E-state index contributed by atoms with van der Waals surface area (Å²) < 4.78 is 40.4. The molecule has 1 aromatic heterocycles. The standard InChI is InChI=1S/C20H16F3N3O2/c21-20(22,23)28-16-7-5-15(6-8-16)26-19(27)17-3-1-2-4-18(17)25-13-14-9-11-24-12-10-14/h1-12,25H,13H2,(H,26,27). The van der Waals surface area contributed by atoms with Crippen LogP contribution in [0.25, 0.3) is 0 Å². The Labute approximate surface area is 159 Å². The van der Waals surface area contributed by atoms with Gasteiger partial charge in [0.2, 0.25) is 0 Å². The first-order valence-electron chi connectivity index (χ1n) is 8.30. The minimum Gasteiger partial charge on any atom is -0.406 e. The molecule has 2 N–H and O–H groups in total. The second kappa shape index (κ2) is 8.43. The number of benzene rings is 2. The fraction of sp³-hybridized carbons (Fsp3) is 0.100. The van der Waals surface area contributed by atoms with E-state index in [1.54, 1.807) is 36.7 Å². The molecule has 0 unspecified atom stereocenters. The number of pyridine rings is 1. The highest BCUT2D eigenvalue weighted by molar-refractivity contribution is 6.08. The van der Waals surface area contributed by atoms with Crippen molar-refractivity contribution in [2.45, 2.75) is 12.9 Å². The van der Waals surface area contributed by atoms with Crippen LogP contribution in [0.2, 0.25) is 0 Å². The summed E-state index contributed by atoms with van der Waals surface area (Å²) in [6.07, 6.45) is -1.40. The second-order valence-electron chi connectivity index (χ2n) is 5.78. The van der Waals surface area contributed by atoms with Gasteiger partial charge in [0.1, 0.15) is 5.75 Å². The summed E-state index contributed by atoms with van der Waals surface area (Å²) in [5.74, 6) is -0.743. The van der Waals surface area contributed by atoms with Gasteiger partial charge in [-0.3, -0.25) is 9.78 Å². The van der Waals surface area contributed by atoms with E-state index in [0.29, 0.717) is 23.5 Å². The first kappa shape index (κ1) is 19.2. The molecule has 5 nitrogen and oxygen atoms in total. The van der Waals surface area contributed by atoms with E-state index in [2.05, 4.69) is 20.4 Å². The number of anilines is 2. The molecule has 3 aromatic rings. The molecule has 0 atom stereocenters. The quantitative estimate of drug-likeness (QED) is 0.635. The lowest BCUT2D eigenvalue weighted by Crippen LogP contribution is -2.17. The van der Waals surface area contributed by atoms with E-state index < -0.39 is 6.36 Å². The molecule has 1 amide bonds. The van der Waals surface area contributed by atoms with E-state index in [1.807, 2.05) is 12.1 Å². The summed E-state index contributed by atoms with van der Waals surface area (Å²) in [6.45, 7) is 0.510. The zero-order chi connectivity index (χ0) is 20.0. The number of aromatic nitrogens is 1. The molecule has 0 aliphatic rings. The molecule has 0 spiro atoms. The number of halogens is 3. The van der Waals surface area contributed by atoms with E-state index in [1.165, 1.54) is 12.1 Å². The van der Waals surface area contributed by atoms with Crippen LogP contribution in [-0.2, 0) is 6.54 Å². The summed E-state index contributed by atoms with van der Waals surface area (Å²) in [5, 5.41) is 5.86. The van der Waals surface area contributed by atoms with Crippen LogP contribution in [-0.4, -0.2) is 17.3 Å². The van der Waals surface area contributed by atoms with Gasteiger partial charge in [0.25, 0.3) is 5.91 Å². The van der Waals surface area contributed by atoms with Crippen molar-refractivity contribution in [1.29, 1.82) is 0 Å². The second-order valence-corrected chi connectivity index (χ2v) is 5.78. The molecule has 0 saturated heterocycles. The van der Waals surface area contributed by atoms with Gasteiger partial charge in [-0.2, -0.15) is 0 Å². The summed E-state index contributed by atoms with van der Waals surface area (Å²) in [7, 11) is 0. The molecule has 2 aromatic carbocycles. The minimum absolute atomic E-state index is 0.350. The summed E-state index contributed by atoms with van der Waals surface area (Å²) >= 11 is 0. The lowest BCUT2D eigenvalue weighted by Gasteiger charge is -2.13. The van der Waals surface area contributed by atoms with Crippen molar-refractivity contribution in [3.05, 3.63) is 84.2 Å². The number of hydrogen-bond acceptors (Lipinski definition) is 4. The van der Waals surface area contributed by atoms with Gasteiger partial charge in [-0.25, -0.2) is 0 Å². The molecule has 0 radical (unpaired) electrons. The Kier molecular flexibility index (Phi) is 5.78. The number of carbonyl (C=O) groups is 1. The van der Waals surface area contributed by atoms with Gasteiger partial charge >= 0.3 is 6.36 Å². The molecule has 28 heavy (non-hydrogen) atoms. The Morgan fingerprint density at radius 1 is 0.964 bits per heavy atom. The van der Waals surface area contributed by atoms with Crippen LogP contribution in [0.3, 0.4) is 0 Å². The lowest BCUT2D eigenvalue weighted by molar-refractivity contribution is -0.274. The fourth-order valence-corrected chi connectivity index (χ4v) is 2.47. The number of amides is 1. The monoisotopic (exact) mass is 387 g/mol. The number of para-hydroxylation sites is 1. The van der Waals surface area contributed by atoms with Gasteiger partial charge in [0.15, 0.2) is 0 Å². The van der Waals surface area contributed by atoms with Crippen molar-refractivity contribution in [2.24, 2.45) is 0 Å². The SMILES string of the molecule is O=C(Nc1ccc(OC(F)(F)F)cc1)c1ccccc1NCc1ccncc1. The third kappa shape index (κ3) is 5.47. The number of carbonyl (C=O) groups excluding carboxylic acids is 1. The van der Waals surface area contributed by atoms with E-state index in [4.69, 9.17) is 0 Å². The van der Waals surface area contributed by atoms with E-state index in [0.717, 1.165) is 17.7 Å². The highest BCUT2D eigenvalue weighted by Crippen LogP contribution is 2.24. The highest BCUT2D eigenvalue weighted by atomic mass is 19.4. The van der Waals surface area contributed by atoms with Gasteiger partial charge in [-0.1, -0.05) is 12.1 Å². The Bertz CT molecular complexity index is 929. The van der Waals surface area contributed by atoms with Crippen LogP contribution in [0.4, 0.5) is 24.5 Å². The lowest BCUT2D eigenvalue weighted by atomic mass is 10.1. The van der Waals surface area contributed by atoms with E-state index in [9.17, 15) is 18.0 Å². The van der Waals surface area contributed by atoms with Gasteiger partial charge in [0, 0.05) is 30.3 Å². The molecule has 8 heteroatoms. The van der Waals surface area contributed by atoms with Crippen molar-refractivity contribution in [3.8, 4) is 5.75 Å². The fourth-order valence-electron chi connectivity index (χ4n) is 2.47. The Balaban J connectivity index is 1.67. The number of nitrogens with one attached hydrogen (secondary N) is 2. The van der Waals surface area contributed by atoms with Crippen molar-refractivity contribution in [1.82, 2.24) is 4.98 Å². The van der Waals surface area contributed by atoms with Gasteiger partial charge in [-0.15, -0.1) is 13.2 Å². The van der Waals surface area contributed by atoms with Gasteiger partial charge in [-0.05, 0) is 54.1 Å². The predicted octanol–water partition coefficient (Wildman–Crippen LogP) is 4.84. The largest absolute Gasteiger partial charge is 0.573 e. The number of ether oxygens (including phenoxy) is 1. The first-order chi connectivity index (χ1) is 13.4. The molecule has 0 aliphatic carbocycles. The van der Waals surface area contributed by atoms with Crippen molar-refractivity contribution >= 4 is 17.3 Å². The maximum atomic E-state index is 12.6. The molecule has 0 fully saturated rings. The van der Waals surface area contributed by atoms with Gasteiger partial charge in [0.05, 0.1) is 5.56 Å². The average molecular weight is 387 g/mol. The van der Waals surface area contributed by atoms with E-state index >= 15 is 0 Å². The Morgan fingerprint density at radius 2 is 1.64 bits per heavy atom. The topological polar surface area (TPSA) is 63.2 Å². The minimum atomic E-state index is -4.76. The van der Waals surface area contributed by atoms with Crippen molar-refractivity contribution in [2.75, 3.05) is 10.6 Å². The molecule has 3 rings (SSSR count). The molecule has 0 saturated carbocycles. The van der Waals surface area contributed by atoms with Gasteiger partial charge < -0.3 is 15.4 Å². The third-order valence-corrected chi connectivity index (χ3v) is 3.75. The summed E-state index contributed by atoms with van der Waals surface area (Å²) in [4.78, 5) is 16.5. The van der Waals surface area contributed by atoms with Crippen LogP contribution in [0.5, 0.6) is 5.75 Å². The number of rotatable bonds is 6. The highest BCUT2D eigenvalue weighted by Gasteiger charge is 2.30. The van der Waals surface area contributed by atoms with Crippen LogP contribution in [0.15, 0.2) is 73.1 Å². The van der Waals surface area contributed by atoms with Crippen molar-refractivity contribution in [3.63, 3.8) is 0 Å². The molecular weight excluding hydrogens is 371 g/mol. The van der Waals surface area contributed by atoms with Crippen LogP contribution >= 0.6 is 0 Å². The summed E-state index contributed by atoms with van der Waals surface area (Å²) in [6, 6.07) is 15.6. The Hall–Kier alpha value is -3.55. The maximum Gasteiger partial charge on any atom is 0.573 e.